The number of benzene rings is 2. The number of para-hydroxylation sites is 1. The van der Waals surface area contributed by atoms with Gasteiger partial charge in [-0.3, -0.25) is 14.4 Å². The number of fused-ring (bicyclic) bond motifs is 1. The normalized spacial score (nSPS) is 16.4. The summed E-state index contributed by atoms with van der Waals surface area (Å²) in [5.41, 5.74) is 1.67. The maximum atomic E-state index is 13.0. The van der Waals surface area contributed by atoms with E-state index in [1.165, 1.54) is 24.1 Å². The van der Waals surface area contributed by atoms with E-state index < -0.39 is 12.0 Å². The number of carbonyl (C=O) groups is 3. The van der Waals surface area contributed by atoms with Gasteiger partial charge in [0.1, 0.15) is 0 Å². The number of esters is 1. The number of anilines is 1. The molecule has 0 aliphatic carbocycles. The van der Waals surface area contributed by atoms with Crippen LogP contribution in [-0.2, 0) is 14.3 Å². The lowest BCUT2D eigenvalue weighted by Crippen LogP contribution is -2.55. The Morgan fingerprint density at radius 3 is 2.32 bits per heavy atom. The van der Waals surface area contributed by atoms with Crippen LogP contribution in [0.2, 0.25) is 0 Å². The van der Waals surface area contributed by atoms with E-state index in [9.17, 15) is 14.4 Å². The number of methoxy groups -OCH3 is 1. The molecular formula is C19H18N2O4. The standard InChI is InChI=1S/C19H18N2O4/c1-13(22)20-17(12-18(23)25-2)15-10-6-7-11-16(15)19(24)21(20)14-8-4-3-5-9-14/h3-11,17H,12H2,1-2H3. The number of nitrogens with zero attached hydrogens (tertiary/aromatic N) is 2. The fourth-order valence-corrected chi connectivity index (χ4v) is 3.07. The van der Waals surface area contributed by atoms with E-state index in [1.54, 1.807) is 48.5 Å². The van der Waals surface area contributed by atoms with Gasteiger partial charge in [0.25, 0.3) is 5.91 Å². The van der Waals surface area contributed by atoms with Crippen LogP contribution in [-0.4, -0.2) is 29.9 Å². The zero-order chi connectivity index (χ0) is 18.0. The molecule has 128 valence electrons. The zero-order valence-corrected chi connectivity index (χ0v) is 14.0. The third-order valence-corrected chi connectivity index (χ3v) is 4.16. The van der Waals surface area contributed by atoms with Gasteiger partial charge in [0, 0.05) is 12.5 Å². The molecule has 0 saturated carbocycles. The van der Waals surface area contributed by atoms with Gasteiger partial charge in [-0.25, -0.2) is 10.0 Å². The minimum atomic E-state index is -0.612. The van der Waals surface area contributed by atoms with Crippen LogP contribution in [0.4, 0.5) is 5.69 Å². The van der Waals surface area contributed by atoms with E-state index in [4.69, 9.17) is 4.74 Å². The van der Waals surface area contributed by atoms with Gasteiger partial charge in [0.05, 0.1) is 25.3 Å². The van der Waals surface area contributed by atoms with Crippen LogP contribution < -0.4 is 5.01 Å². The Bertz CT molecular complexity index is 819. The van der Waals surface area contributed by atoms with Gasteiger partial charge in [-0.1, -0.05) is 36.4 Å². The van der Waals surface area contributed by atoms with E-state index in [1.807, 2.05) is 6.07 Å². The fraction of sp³-hybridized carbons (Fsp3) is 0.211. The van der Waals surface area contributed by atoms with Gasteiger partial charge in [-0.15, -0.1) is 0 Å². The third kappa shape index (κ3) is 2.98. The molecule has 0 aromatic heterocycles. The van der Waals surface area contributed by atoms with Crippen LogP contribution in [0, 0.1) is 0 Å². The molecule has 2 aromatic carbocycles. The van der Waals surface area contributed by atoms with Crippen molar-refractivity contribution in [3.63, 3.8) is 0 Å². The Morgan fingerprint density at radius 2 is 1.68 bits per heavy atom. The molecule has 1 aliphatic heterocycles. The van der Waals surface area contributed by atoms with Gasteiger partial charge in [-0.05, 0) is 23.8 Å². The minimum Gasteiger partial charge on any atom is -0.469 e. The molecule has 1 aliphatic rings. The second-order valence-electron chi connectivity index (χ2n) is 5.70. The molecule has 0 radical (unpaired) electrons. The van der Waals surface area contributed by atoms with Crippen molar-refractivity contribution in [2.75, 3.05) is 12.1 Å². The zero-order valence-electron chi connectivity index (χ0n) is 14.0. The summed E-state index contributed by atoms with van der Waals surface area (Å²) in [4.78, 5) is 37.4. The summed E-state index contributed by atoms with van der Waals surface area (Å²) >= 11 is 0. The van der Waals surface area contributed by atoms with Crippen molar-refractivity contribution in [3.8, 4) is 0 Å². The highest BCUT2D eigenvalue weighted by Crippen LogP contribution is 2.37. The van der Waals surface area contributed by atoms with Crippen molar-refractivity contribution in [3.05, 3.63) is 65.7 Å². The molecule has 0 spiro atoms. The van der Waals surface area contributed by atoms with Crippen LogP contribution in [0.25, 0.3) is 0 Å². The lowest BCUT2D eigenvalue weighted by atomic mass is 9.94. The maximum Gasteiger partial charge on any atom is 0.308 e. The predicted molar refractivity (Wildman–Crippen MR) is 91.6 cm³/mol. The first-order chi connectivity index (χ1) is 12.0. The van der Waals surface area contributed by atoms with E-state index in [0.29, 0.717) is 16.8 Å². The van der Waals surface area contributed by atoms with Crippen molar-refractivity contribution in [2.24, 2.45) is 0 Å². The molecule has 6 heteroatoms. The number of carbonyl (C=O) groups excluding carboxylic acids is 3. The average Bonchev–Trinajstić information content (AvgIpc) is 2.64. The maximum absolute atomic E-state index is 13.0. The Balaban J connectivity index is 2.18. The van der Waals surface area contributed by atoms with Crippen LogP contribution >= 0.6 is 0 Å². The van der Waals surface area contributed by atoms with Crippen molar-refractivity contribution in [2.45, 2.75) is 19.4 Å². The fourth-order valence-electron chi connectivity index (χ4n) is 3.07. The molecule has 25 heavy (non-hydrogen) atoms. The molecule has 0 fully saturated rings. The second kappa shape index (κ2) is 6.76. The van der Waals surface area contributed by atoms with Gasteiger partial charge in [0.2, 0.25) is 5.91 Å². The van der Waals surface area contributed by atoms with Crippen molar-refractivity contribution in [1.82, 2.24) is 5.01 Å². The van der Waals surface area contributed by atoms with Crippen LogP contribution in [0.15, 0.2) is 54.6 Å². The molecule has 1 unspecified atom stereocenters. The number of hydrazine groups is 1. The van der Waals surface area contributed by atoms with E-state index >= 15 is 0 Å². The third-order valence-electron chi connectivity index (χ3n) is 4.16. The van der Waals surface area contributed by atoms with E-state index in [-0.39, 0.29) is 18.2 Å². The van der Waals surface area contributed by atoms with Crippen molar-refractivity contribution in [1.29, 1.82) is 0 Å². The average molecular weight is 338 g/mol. The largest absolute Gasteiger partial charge is 0.469 e. The topological polar surface area (TPSA) is 66.9 Å². The highest BCUT2D eigenvalue weighted by atomic mass is 16.5. The highest BCUT2D eigenvalue weighted by Gasteiger charge is 2.41. The number of hydrogen-bond donors (Lipinski definition) is 0. The molecular weight excluding hydrogens is 320 g/mol. The summed E-state index contributed by atoms with van der Waals surface area (Å²) in [6.07, 6.45) is -0.0380. The van der Waals surface area contributed by atoms with Gasteiger partial charge < -0.3 is 4.74 Å². The molecule has 0 N–H and O–H groups in total. The Morgan fingerprint density at radius 1 is 1.04 bits per heavy atom. The monoisotopic (exact) mass is 338 g/mol. The lowest BCUT2D eigenvalue weighted by Gasteiger charge is -2.43. The first-order valence-electron chi connectivity index (χ1n) is 7.89. The Hall–Kier alpha value is -3.15. The number of amides is 2. The summed E-state index contributed by atoms with van der Waals surface area (Å²) in [5, 5.41) is 2.66. The van der Waals surface area contributed by atoms with Gasteiger partial charge in [0.15, 0.2) is 0 Å². The van der Waals surface area contributed by atoms with Crippen LogP contribution in [0.3, 0.4) is 0 Å². The summed E-state index contributed by atoms with van der Waals surface area (Å²) < 4.78 is 4.78. The summed E-state index contributed by atoms with van der Waals surface area (Å²) in [7, 11) is 1.30. The second-order valence-corrected chi connectivity index (χ2v) is 5.70. The molecule has 1 heterocycles. The quantitative estimate of drug-likeness (QED) is 0.807. The van der Waals surface area contributed by atoms with Crippen LogP contribution in [0.1, 0.15) is 35.3 Å². The van der Waals surface area contributed by atoms with Gasteiger partial charge >= 0.3 is 5.97 Å². The molecule has 3 rings (SSSR count). The molecule has 0 bridgehead atoms. The number of ether oxygens (including phenoxy) is 1. The summed E-state index contributed by atoms with van der Waals surface area (Å²) in [5.74, 6) is -1.09. The minimum absolute atomic E-state index is 0.0380. The first-order valence-corrected chi connectivity index (χ1v) is 7.89. The van der Waals surface area contributed by atoms with Crippen LogP contribution in [0.5, 0.6) is 0 Å². The smallest absolute Gasteiger partial charge is 0.308 e. The first kappa shape index (κ1) is 16.7. The van der Waals surface area contributed by atoms with E-state index in [0.717, 1.165) is 0 Å². The lowest BCUT2D eigenvalue weighted by molar-refractivity contribution is -0.143. The predicted octanol–water partition coefficient (Wildman–Crippen LogP) is 2.71. The van der Waals surface area contributed by atoms with Crippen molar-refractivity contribution < 1.29 is 19.1 Å². The summed E-state index contributed by atoms with van der Waals surface area (Å²) in [6, 6.07) is 15.3. The molecule has 2 amide bonds. The number of rotatable bonds is 3. The highest BCUT2D eigenvalue weighted by molar-refractivity contribution is 6.09. The molecule has 1 atom stereocenters. The number of hydrogen-bond acceptors (Lipinski definition) is 4. The molecule has 2 aromatic rings. The summed E-state index contributed by atoms with van der Waals surface area (Å²) in [6.45, 7) is 1.38. The Kier molecular flexibility index (Phi) is 4.52. The van der Waals surface area contributed by atoms with Crippen molar-refractivity contribution >= 4 is 23.5 Å². The molecule has 6 nitrogen and oxygen atoms in total. The SMILES string of the molecule is COC(=O)CC1c2ccccc2C(=O)N(c2ccccc2)N1C(C)=O. The Labute approximate surface area is 145 Å². The van der Waals surface area contributed by atoms with E-state index in [2.05, 4.69) is 0 Å². The van der Waals surface area contributed by atoms with Gasteiger partial charge in [-0.2, -0.15) is 0 Å². The molecule has 0 saturated heterocycles.